The van der Waals surface area contributed by atoms with Gasteiger partial charge in [0.1, 0.15) is 0 Å². The minimum absolute atomic E-state index is 0.144. The fourth-order valence-corrected chi connectivity index (χ4v) is 3.10. The molecule has 0 amide bonds. The Labute approximate surface area is 122 Å². The number of benzene rings is 1. The van der Waals surface area contributed by atoms with Gasteiger partial charge in [-0.1, -0.05) is 32.0 Å². The van der Waals surface area contributed by atoms with Gasteiger partial charge in [0.05, 0.1) is 5.69 Å². The zero-order valence-electron chi connectivity index (χ0n) is 13.0. The molecule has 3 rings (SSSR count). The first kappa shape index (κ1) is 15.2. The molecule has 1 aromatic rings. The highest BCUT2D eigenvalue weighted by Gasteiger charge is 2.38. The second-order valence-corrected chi connectivity index (χ2v) is 5.65. The van der Waals surface area contributed by atoms with Crippen LogP contribution in [-0.4, -0.2) is 37.3 Å². The van der Waals surface area contributed by atoms with Gasteiger partial charge >= 0.3 is 0 Å². The molecule has 0 bridgehead atoms. The third-order valence-corrected chi connectivity index (χ3v) is 4.55. The lowest BCUT2D eigenvalue weighted by Crippen LogP contribution is -2.47. The van der Waals surface area contributed by atoms with E-state index in [0.29, 0.717) is 0 Å². The highest BCUT2D eigenvalue weighted by molar-refractivity contribution is 5.98. The molecule has 3 heteroatoms. The van der Waals surface area contributed by atoms with Crippen LogP contribution in [0.2, 0.25) is 0 Å². The van der Waals surface area contributed by atoms with Crippen LogP contribution in [0.15, 0.2) is 29.3 Å². The topological polar surface area (TPSA) is 41.6 Å². The van der Waals surface area contributed by atoms with Crippen LogP contribution in [0.4, 0.5) is 5.69 Å². The van der Waals surface area contributed by atoms with Gasteiger partial charge < -0.3 is 10.6 Å². The summed E-state index contributed by atoms with van der Waals surface area (Å²) in [4.78, 5) is 7.25. The maximum atomic E-state index is 6.10. The number of aliphatic imine (C=N–C) groups is 1. The SMILES string of the molecule is CC.CN1CCC(CN)(C2=Nc3ccccc3C2)CC1. The van der Waals surface area contributed by atoms with Gasteiger partial charge in [-0.25, -0.2) is 0 Å². The van der Waals surface area contributed by atoms with Crippen molar-refractivity contribution in [3.63, 3.8) is 0 Å². The number of piperidine rings is 1. The van der Waals surface area contributed by atoms with Crippen molar-refractivity contribution in [1.82, 2.24) is 4.90 Å². The number of hydrogen-bond donors (Lipinski definition) is 1. The molecule has 20 heavy (non-hydrogen) atoms. The number of likely N-dealkylation sites (tertiary alicyclic amines) is 1. The first-order valence-corrected chi connectivity index (χ1v) is 7.78. The van der Waals surface area contributed by atoms with Crippen LogP contribution in [0, 0.1) is 5.41 Å². The Kier molecular flexibility index (Phi) is 4.95. The van der Waals surface area contributed by atoms with Crippen LogP contribution in [0.25, 0.3) is 0 Å². The van der Waals surface area contributed by atoms with Gasteiger partial charge in [0.2, 0.25) is 0 Å². The minimum Gasteiger partial charge on any atom is -0.330 e. The Morgan fingerprint density at radius 2 is 1.85 bits per heavy atom. The predicted molar refractivity (Wildman–Crippen MR) is 86.8 cm³/mol. The van der Waals surface area contributed by atoms with Gasteiger partial charge in [0, 0.05) is 24.1 Å². The van der Waals surface area contributed by atoms with E-state index in [9.17, 15) is 0 Å². The molecule has 1 aromatic carbocycles. The molecule has 110 valence electrons. The molecule has 0 saturated carbocycles. The molecule has 0 radical (unpaired) electrons. The fourth-order valence-electron chi connectivity index (χ4n) is 3.10. The zero-order valence-corrected chi connectivity index (χ0v) is 13.0. The van der Waals surface area contributed by atoms with E-state index in [1.165, 1.54) is 11.3 Å². The Hall–Kier alpha value is -1.19. The summed E-state index contributed by atoms with van der Waals surface area (Å²) in [6.45, 7) is 6.99. The smallest absolute Gasteiger partial charge is 0.0665 e. The first-order chi connectivity index (χ1) is 9.73. The molecule has 2 aliphatic rings. The number of fused-ring (bicyclic) bond motifs is 1. The second kappa shape index (κ2) is 6.51. The standard InChI is InChI=1S/C15H21N3.C2H6/c1-18-8-6-15(11-16,7-9-18)14-10-12-4-2-3-5-13(12)17-14;1-2/h2-5H,6-11,16H2,1H3;1-2H3. The lowest BCUT2D eigenvalue weighted by Gasteiger charge is -2.40. The minimum atomic E-state index is 0.144. The van der Waals surface area contributed by atoms with E-state index >= 15 is 0 Å². The van der Waals surface area contributed by atoms with E-state index in [0.717, 1.165) is 44.6 Å². The number of nitrogens with two attached hydrogens (primary N) is 1. The molecule has 0 aliphatic carbocycles. The molecular formula is C17H27N3. The summed E-state index contributed by atoms with van der Waals surface area (Å²) < 4.78 is 0. The maximum absolute atomic E-state index is 6.10. The average molecular weight is 273 g/mol. The molecule has 0 aromatic heterocycles. The molecule has 3 nitrogen and oxygen atoms in total. The van der Waals surface area contributed by atoms with Gasteiger partial charge in [-0.15, -0.1) is 0 Å². The Morgan fingerprint density at radius 1 is 1.20 bits per heavy atom. The number of hydrogen-bond acceptors (Lipinski definition) is 3. The molecule has 2 N–H and O–H groups in total. The van der Waals surface area contributed by atoms with E-state index in [4.69, 9.17) is 10.7 Å². The lowest BCUT2D eigenvalue weighted by molar-refractivity contribution is 0.184. The Morgan fingerprint density at radius 3 is 2.45 bits per heavy atom. The van der Waals surface area contributed by atoms with E-state index < -0.39 is 0 Å². The first-order valence-electron chi connectivity index (χ1n) is 7.78. The summed E-state index contributed by atoms with van der Waals surface area (Å²) in [5, 5.41) is 0. The number of para-hydroxylation sites is 1. The van der Waals surface area contributed by atoms with Crippen LogP contribution in [-0.2, 0) is 6.42 Å². The highest BCUT2D eigenvalue weighted by Crippen LogP contribution is 2.38. The van der Waals surface area contributed by atoms with Gasteiger partial charge in [-0.3, -0.25) is 4.99 Å². The Balaban J connectivity index is 0.000000704. The normalized spacial score (nSPS) is 20.7. The van der Waals surface area contributed by atoms with Gasteiger partial charge in [0.25, 0.3) is 0 Å². The van der Waals surface area contributed by atoms with Crippen molar-refractivity contribution in [1.29, 1.82) is 0 Å². The van der Waals surface area contributed by atoms with Crippen molar-refractivity contribution in [2.45, 2.75) is 33.1 Å². The molecule has 0 spiro atoms. The third-order valence-electron chi connectivity index (χ3n) is 4.55. The van der Waals surface area contributed by atoms with Crippen molar-refractivity contribution < 1.29 is 0 Å². The van der Waals surface area contributed by atoms with Crippen LogP contribution >= 0.6 is 0 Å². The summed E-state index contributed by atoms with van der Waals surface area (Å²) in [6.07, 6.45) is 3.29. The van der Waals surface area contributed by atoms with Crippen LogP contribution in [0.1, 0.15) is 32.3 Å². The molecule has 1 fully saturated rings. The summed E-state index contributed by atoms with van der Waals surface area (Å²) in [7, 11) is 2.19. The molecule has 0 unspecified atom stereocenters. The number of rotatable bonds is 2. The van der Waals surface area contributed by atoms with Crippen molar-refractivity contribution in [3.05, 3.63) is 29.8 Å². The van der Waals surface area contributed by atoms with Gasteiger partial charge in [-0.05, 0) is 44.6 Å². The number of nitrogens with zero attached hydrogens (tertiary/aromatic N) is 2. The predicted octanol–water partition coefficient (Wildman–Crippen LogP) is 3.01. The van der Waals surface area contributed by atoms with Crippen molar-refractivity contribution in [2.24, 2.45) is 16.1 Å². The molecule has 1 saturated heterocycles. The van der Waals surface area contributed by atoms with Crippen LogP contribution < -0.4 is 5.73 Å². The largest absolute Gasteiger partial charge is 0.330 e. The van der Waals surface area contributed by atoms with E-state index in [1.54, 1.807) is 0 Å². The van der Waals surface area contributed by atoms with E-state index in [-0.39, 0.29) is 5.41 Å². The summed E-state index contributed by atoms with van der Waals surface area (Å²) >= 11 is 0. The highest BCUT2D eigenvalue weighted by atomic mass is 15.1. The fraction of sp³-hybridized carbons (Fsp3) is 0.588. The quantitative estimate of drug-likeness (QED) is 0.900. The van der Waals surface area contributed by atoms with Crippen molar-refractivity contribution in [3.8, 4) is 0 Å². The van der Waals surface area contributed by atoms with Crippen LogP contribution in [0.3, 0.4) is 0 Å². The van der Waals surface area contributed by atoms with Gasteiger partial charge in [0.15, 0.2) is 0 Å². The monoisotopic (exact) mass is 273 g/mol. The molecule has 2 aliphatic heterocycles. The summed E-state index contributed by atoms with van der Waals surface area (Å²) in [5.74, 6) is 0. The van der Waals surface area contributed by atoms with E-state index in [1.807, 2.05) is 13.8 Å². The van der Waals surface area contributed by atoms with Crippen molar-refractivity contribution in [2.75, 3.05) is 26.7 Å². The zero-order chi connectivity index (χ0) is 14.6. The average Bonchev–Trinajstić information content (AvgIpc) is 2.95. The molecule has 0 atom stereocenters. The third kappa shape index (κ3) is 2.79. The Bertz CT molecular complexity index is 471. The van der Waals surface area contributed by atoms with Gasteiger partial charge in [-0.2, -0.15) is 0 Å². The summed E-state index contributed by atoms with van der Waals surface area (Å²) in [6, 6.07) is 8.46. The van der Waals surface area contributed by atoms with E-state index in [2.05, 4.69) is 36.2 Å². The molecular weight excluding hydrogens is 246 g/mol. The lowest BCUT2D eigenvalue weighted by atomic mass is 9.73. The molecule has 2 heterocycles. The maximum Gasteiger partial charge on any atom is 0.0665 e. The van der Waals surface area contributed by atoms with Crippen molar-refractivity contribution >= 4 is 11.4 Å². The van der Waals surface area contributed by atoms with Crippen LogP contribution in [0.5, 0.6) is 0 Å². The summed E-state index contributed by atoms with van der Waals surface area (Å²) in [5.41, 5.74) is 10.1. The second-order valence-electron chi connectivity index (χ2n) is 5.65.